The van der Waals surface area contributed by atoms with Crippen molar-refractivity contribution in [3.8, 4) is 11.5 Å². The molecule has 1 N–H and O–H groups in total. The number of methoxy groups -OCH3 is 2. The summed E-state index contributed by atoms with van der Waals surface area (Å²) in [4.78, 5) is 14.5. The summed E-state index contributed by atoms with van der Waals surface area (Å²) in [5.41, 5.74) is 2.41. The van der Waals surface area contributed by atoms with Crippen molar-refractivity contribution in [2.75, 3.05) is 27.3 Å². The Bertz CT molecular complexity index is 582. The van der Waals surface area contributed by atoms with E-state index in [0.717, 1.165) is 36.6 Å². The van der Waals surface area contributed by atoms with Gasteiger partial charge in [-0.3, -0.25) is 4.79 Å². The number of ether oxygens (including phenoxy) is 2. The molecule has 0 unspecified atom stereocenters. The molecule has 1 saturated carbocycles. The Morgan fingerprint density at radius 3 is 2.50 bits per heavy atom. The van der Waals surface area contributed by atoms with E-state index in [1.165, 1.54) is 31.2 Å². The standard InChI is InChI=1S/C19H28N2O3/c1-23-17-11-14-8-10-21(13-15(14)12-18(17)24-2)19(22)7-9-20-16-5-3-4-6-16/h11-12,16,20H,3-10,13H2,1-2H3. The summed E-state index contributed by atoms with van der Waals surface area (Å²) in [5.74, 6) is 1.73. The van der Waals surface area contributed by atoms with Crippen LogP contribution in [0.25, 0.3) is 0 Å². The Kier molecular flexibility index (Phi) is 5.61. The molecule has 1 heterocycles. The van der Waals surface area contributed by atoms with Gasteiger partial charge in [0.05, 0.1) is 14.2 Å². The van der Waals surface area contributed by atoms with Crippen molar-refractivity contribution < 1.29 is 14.3 Å². The van der Waals surface area contributed by atoms with Crippen LogP contribution in [0.5, 0.6) is 11.5 Å². The van der Waals surface area contributed by atoms with Crippen LogP contribution in [-0.4, -0.2) is 44.2 Å². The molecule has 0 radical (unpaired) electrons. The number of amides is 1. The van der Waals surface area contributed by atoms with Gasteiger partial charge >= 0.3 is 0 Å². The fourth-order valence-electron chi connectivity index (χ4n) is 3.77. The van der Waals surface area contributed by atoms with Gasteiger partial charge in [0.15, 0.2) is 11.5 Å². The van der Waals surface area contributed by atoms with Gasteiger partial charge in [0.25, 0.3) is 0 Å². The molecule has 0 saturated heterocycles. The fourth-order valence-corrected chi connectivity index (χ4v) is 3.77. The average molecular weight is 332 g/mol. The van der Waals surface area contributed by atoms with Crippen molar-refractivity contribution in [2.45, 2.75) is 51.1 Å². The van der Waals surface area contributed by atoms with Crippen LogP contribution in [0.2, 0.25) is 0 Å². The minimum absolute atomic E-state index is 0.237. The summed E-state index contributed by atoms with van der Waals surface area (Å²) in [6, 6.07) is 4.67. The van der Waals surface area contributed by atoms with E-state index in [0.29, 0.717) is 19.0 Å². The molecule has 132 valence electrons. The zero-order valence-corrected chi connectivity index (χ0v) is 14.8. The van der Waals surface area contributed by atoms with E-state index in [-0.39, 0.29) is 5.91 Å². The van der Waals surface area contributed by atoms with Crippen LogP contribution in [-0.2, 0) is 17.8 Å². The molecule has 1 amide bonds. The molecule has 0 bridgehead atoms. The molecule has 1 aromatic rings. The zero-order chi connectivity index (χ0) is 16.9. The normalized spacial score (nSPS) is 17.7. The number of fused-ring (bicyclic) bond motifs is 1. The predicted octanol–water partition coefficient (Wildman–Crippen LogP) is 2.51. The van der Waals surface area contributed by atoms with Gasteiger partial charge in [-0.25, -0.2) is 0 Å². The second kappa shape index (κ2) is 7.88. The van der Waals surface area contributed by atoms with Crippen molar-refractivity contribution in [1.29, 1.82) is 0 Å². The smallest absolute Gasteiger partial charge is 0.224 e. The highest BCUT2D eigenvalue weighted by Gasteiger charge is 2.23. The minimum atomic E-state index is 0.237. The number of benzene rings is 1. The van der Waals surface area contributed by atoms with E-state index < -0.39 is 0 Å². The maximum Gasteiger partial charge on any atom is 0.224 e. The zero-order valence-electron chi connectivity index (χ0n) is 14.8. The van der Waals surface area contributed by atoms with Gasteiger partial charge in [-0.05, 0) is 42.5 Å². The average Bonchev–Trinajstić information content (AvgIpc) is 3.13. The maximum absolute atomic E-state index is 12.5. The Balaban J connectivity index is 1.56. The van der Waals surface area contributed by atoms with Crippen molar-refractivity contribution in [3.63, 3.8) is 0 Å². The van der Waals surface area contributed by atoms with E-state index >= 15 is 0 Å². The van der Waals surface area contributed by atoms with E-state index in [2.05, 4.69) is 5.32 Å². The van der Waals surface area contributed by atoms with Crippen LogP contribution in [0.4, 0.5) is 0 Å². The molecule has 0 aromatic heterocycles. The first kappa shape index (κ1) is 17.1. The second-order valence-electron chi connectivity index (χ2n) is 6.73. The van der Waals surface area contributed by atoms with Crippen molar-refractivity contribution in [1.82, 2.24) is 10.2 Å². The number of carbonyl (C=O) groups excluding carboxylic acids is 1. The van der Waals surface area contributed by atoms with Crippen molar-refractivity contribution >= 4 is 5.91 Å². The third kappa shape index (κ3) is 3.83. The highest BCUT2D eigenvalue weighted by Crippen LogP contribution is 2.33. The monoisotopic (exact) mass is 332 g/mol. The molecule has 24 heavy (non-hydrogen) atoms. The topological polar surface area (TPSA) is 50.8 Å². The van der Waals surface area contributed by atoms with E-state index in [9.17, 15) is 4.79 Å². The van der Waals surface area contributed by atoms with Crippen LogP contribution in [0.1, 0.15) is 43.2 Å². The summed E-state index contributed by atoms with van der Waals surface area (Å²) in [5, 5.41) is 3.52. The molecular weight excluding hydrogens is 304 g/mol. The summed E-state index contributed by atoms with van der Waals surface area (Å²) in [7, 11) is 3.30. The van der Waals surface area contributed by atoms with Gasteiger partial charge in [0.1, 0.15) is 0 Å². The lowest BCUT2D eigenvalue weighted by Gasteiger charge is -2.30. The summed E-state index contributed by atoms with van der Waals surface area (Å²) < 4.78 is 10.7. The molecule has 1 aliphatic carbocycles. The lowest BCUT2D eigenvalue weighted by molar-refractivity contribution is -0.132. The SMILES string of the molecule is COc1cc2c(cc1OC)CN(C(=O)CCNC1CCCC1)CC2. The van der Waals surface area contributed by atoms with Crippen LogP contribution in [0.3, 0.4) is 0 Å². The molecule has 0 atom stereocenters. The van der Waals surface area contributed by atoms with Gasteiger partial charge < -0.3 is 19.7 Å². The number of nitrogens with zero attached hydrogens (tertiary/aromatic N) is 1. The Morgan fingerprint density at radius 1 is 1.17 bits per heavy atom. The maximum atomic E-state index is 12.5. The van der Waals surface area contributed by atoms with Crippen LogP contribution < -0.4 is 14.8 Å². The molecule has 0 spiro atoms. The van der Waals surface area contributed by atoms with Gasteiger partial charge in [-0.1, -0.05) is 12.8 Å². The quantitative estimate of drug-likeness (QED) is 0.870. The van der Waals surface area contributed by atoms with Crippen LogP contribution >= 0.6 is 0 Å². The van der Waals surface area contributed by atoms with E-state index in [1.807, 2.05) is 17.0 Å². The van der Waals surface area contributed by atoms with Crippen LogP contribution in [0.15, 0.2) is 12.1 Å². The van der Waals surface area contributed by atoms with E-state index in [4.69, 9.17) is 9.47 Å². The van der Waals surface area contributed by atoms with Gasteiger partial charge in [-0.15, -0.1) is 0 Å². The number of hydrogen-bond donors (Lipinski definition) is 1. The number of hydrogen-bond acceptors (Lipinski definition) is 4. The van der Waals surface area contributed by atoms with Gasteiger partial charge in [0, 0.05) is 32.1 Å². The Hall–Kier alpha value is -1.75. The first-order valence-electron chi connectivity index (χ1n) is 8.96. The molecule has 2 aliphatic rings. The second-order valence-corrected chi connectivity index (χ2v) is 6.73. The molecule has 3 rings (SSSR count). The largest absolute Gasteiger partial charge is 0.493 e. The third-order valence-corrected chi connectivity index (χ3v) is 5.20. The predicted molar refractivity (Wildman–Crippen MR) is 93.5 cm³/mol. The fraction of sp³-hybridized carbons (Fsp3) is 0.632. The molecule has 1 fully saturated rings. The highest BCUT2D eigenvalue weighted by atomic mass is 16.5. The summed E-state index contributed by atoms with van der Waals surface area (Å²) in [6.45, 7) is 2.24. The molecule has 1 aromatic carbocycles. The Labute approximate surface area is 144 Å². The highest BCUT2D eigenvalue weighted by molar-refractivity contribution is 5.76. The van der Waals surface area contributed by atoms with Gasteiger partial charge in [-0.2, -0.15) is 0 Å². The lowest BCUT2D eigenvalue weighted by Crippen LogP contribution is -2.38. The van der Waals surface area contributed by atoms with E-state index in [1.54, 1.807) is 14.2 Å². The first-order valence-corrected chi connectivity index (χ1v) is 8.96. The molecular formula is C19H28N2O3. The third-order valence-electron chi connectivity index (χ3n) is 5.20. The van der Waals surface area contributed by atoms with Crippen molar-refractivity contribution in [3.05, 3.63) is 23.3 Å². The Morgan fingerprint density at radius 2 is 1.83 bits per heavy atom. The summed E-state index contributed by atoms with van der Waals surface area (Å²) >= 11 is 0. The minimum Gasteiger partial charge on any atom is -0.493 e. The van der Waals surface area contributed by atoms with Gasteiger partial charge in [0.2, 0.25) is 5.91 Å². The first-order chi connectivity index (χ1) is 11.7. The lowest BCUT2D eigenvalue weighted by atomic mass is 9.98. The van der Waals surface area contributed by atoms with Crippen molar-refractivity contribution in [2.24, 2.45) is 0 Å². The van der Waals surface area contributed by atoms with Crippen LogP contribution in [0, 0.1) is 0 Å². The molecule has 5 heteroatoms. The molecule has 5 nitrogen and oxygen atoms in total. The summed E-state index contributed by atoms with van der Waals surface area (Å²) in [6.07, 6.45) is 6.61. The molecule has 1 aliphatic heterocycles. The number of carbonyl (C=O) groups is 1. The number of nitrogens with one attached hydrogen (secondary N) is 1. The number of rotatable bonds is 6.